The van der Waals surface area contributed by atoms with Crippen molar-refractivity contribution >= 4 is 16.8 Å². The highest BCUT2D eigenvalue weighted by Gasteiger charge is 2.33. The van der Waals surface area contributed by atoms with E-state index in [4.69, 9.17) is 4.74 Å². The lowest BCUT2D eigenvalue weighted by Crippen LogP contribution is -2.53. The predicted octanol–water partition coefficient (Wildman–Crippen LogP) is 1.85. The summed E-state index contributed by atoms with van der Waals surface area (Å²) < 4.78 is 5.24. The van der Waals surface area contributed by atoms with Gasteiger partial charge in [-0.1, -0.05) is 0 Å². The Kier molecular flexibility index (Phi) is 4.39. The van der Waals surface area contributed by atoms with E-state index in [2.05, 4.69) is 9.88 Å². The first-order chi connectivity index (χ1) is 12.2. The van der Waals surface area contributed by atoms with Gasteiger partial charge in [0.25, 0.3) is 5.91 Å². The molecule has 1 aliphatic carbocycles. The molecule has 2 aromatic rings. The third-order valence-corrected chi connectivity index (χ3v) is 5.57. The normalized spacial score (nSPS) is 24.8. The fraction of sp³-hybridized carbons (Fsp3) is 0.526. The molecule has 6 heteroatoms. The summed E-state index contributed by atoms with van der Waals surface area (Å²) in [6.45, 7) is 3.09. The number of nitrogens with zero attached hydrogens (tertiary/aromatic N) is 2. The van der Waals surface area contributed by atoms with Gasteiger partial charge in [-0.05, 0) is 37.5 Å². The Morgan fingerprint density at radius 2 is 2.00 bits per heavy atom. The van der Waals surface area contributed by atoms with Crippen LogP contribution in [-0.2, 0) is 0 Å². The molecule has 1 aromatic heterocycles. The van der Waals surface area contributed by atoms with Gasteiger partial charge in [-0.25, -0.2) is 0 Å². The monoisotopic (exact) mass is 343 g/mol. The van der Waals surface area contributed by atoms with Crippen LogP contribution in [0.25, 0.3) is 10.9 Å². The van der Waals surface area contributed by atoms with Crippen molar-refractivity contribution in [1.82, 2.24) is 14.8 Å². The molecule has 1 aliphatic heterocycles. The number of aliphatic hydroxyl groups is 1. The summed E-state index contributed by atoms with van der Waals surface area (Å²) >= 11 is 0. The number of aromatic amines is 1. The van der Waals surface area contributed by atoms with Crippen molar-refractivity contribution in [2.75, 3.05) is 33.3 Å². The standard InChI is InChI=1S/C19H25N3O3/c1-25-14-6-5-13-11-16(20-15(13)12-14)19(24)22-9-7-21(8-10-22)17-3-2-4-18(17)23/h5-6,11-12,17-18,20,23H,2-4,7-10H2,1H3/t17-,18-/m0/s1. The molecule has 134 valence electrons. The van der Waals surface area contributed by atoms with Crippen LogP contribution in [0.2, 0.25) is 0 Å². The van der Waals surface area contributed by atoms with Crippen molar-refractivity contribution in [3.63, 3.8) is 0 Å². The van der Waals surface area contributed by atoms with Crippen LogP contribution in [0.1, 0.15) is 29.8 Å². The quantitative estimate of drug-likeness (QED) is 0.892. The van der Waals surface area contributed by atoms with Crippen LogP contribution in [0, 0.1) is 0 Å². The molecule has 1 amide bonds. The number of piperazine rings is 1. The Hall–Kier alpha value is -2.05. The summed E-state index contributed by atoms with van der Waals surface area (Å²) in [6, 6.07) is 7.95. The molecule has 25 heavy (non-hydrogen) atoms. The number of amides is 1. The zero-order chi connectivity index (χ0) is 17.4. The summed E-state index contributed by atoms with van der Waals surface area (Å²) in [5, 5.41) is 11.1. The van der Waals surface area contributed by atoms with Crippen molar-refractivity contribution in [1.29, 1.82) is 0 Å². The molecule has 2 aliphatic rings. The topological polar surface area (TPSA) is 68.8 Å². The van der Waals surface area contributed by atoms with Crippen molar-refractivity contribution in [2.45, 2.75) is 31.4 Å². The summed E-state index contributed by atoms with van der Waals surface area (Å²) in [5.41, 5.74) is 1.54. The molecular formula is C19H25N3O3. The Labute approximate surface area is 147 Å². The lowest BCUT2D eigenvalue weighted by Gasteiger charge is -2.38. The number of aromatic nitrogens is 1. The first kappa shape index (κ1) is 16.4. The molecule has 2 atom stereocenters. The van der Waals surface area contributed by atoms with Crippen molar-refractivity contribution in [3.05, 3.63) is 30.0 Å². The van der Waals surface area contributed by atoms with Crippen molar-refractivity contribution in [2.24, 2.45) is 0 Å². The number of methoxy groups -OCH3 is 1. The Balaban J connectivity index is 1.43. The van der Waals surface area contributed by atoms with Crippen LogP contribution >= 0.6 is 0 Å². The maximum absolute atomic E-state index is 12.8. The first-order valence-corrected chi connectivity index (χ1v) is 9.04. The summed E-state index contributed by atoms with van der Waals surface area (Å²) in [6.07, 6.45) is 2.87. The van der Waals surface area contributed by atoms with Gasteiger partial charge in [-0.2, -0.15) is 0 Å². The van der Waals surface area contributed by atoms with Crippen LogP contribution in [0.15, 0.2) is 24.3 Å². The van der Waals surface area contributed by atoms with Gasteiger partial charge in [0.15, 0.2) is 0 Å². The van der Waals surface area contributed by atoms with Gasteiger partial charge < -0.3 is 19.7 Å². The highest BCUT2D eigenvalue weighted by Crippen LogP contribution is 2.26. The average Bonchev–Trinajstić information content (AvgIpc) is 3.26. The molecule has 2 heterocycles. The molecule has 1 saturated heterocycles. The number of hydrogen-bond acceptors (Lipinski definition) is 4. The van der Waals surface area contributed by atoms with E-state index in [1.807, 2.05) is 29.2 Å². The van der Waals surface area contributed by atoms with Gasteiger partial charge >= 0.3 is 0 Å². The van der Waals surface area contributed by atoms with Gasteiger partial charge in [0, 0.05) is 49.2 Å². The van der Waals surface area contributed by atoms with Crippen LogP contribution in [0.3, 0.4) is 0 Å². The molecule has 6 nitrogen and oxygen atoms in total. The lowest BCUT2D eigenvalue weighted by atomic mass is 10.1. The van der Waals surface area contributed by atoms with E-state index >= 15 is 0 Å². The second-order valence-corrected chi connectivity index (χ2v) is 7.03. The molecule has 4 rings (SSSR count). The van der Waals surface area contributed by atoms with Gasteiger partial charge in [-0.3, -0.25) is 9.69 Å². The maximum Gasteiger partial charge on any atom is 0.270 e. The zero-order valence-corrected chi connectivity index (χ0v) is 14.6. The predicted molar refractivity (Wildman–Crippen MR) is 96.0 cm³/mol. The molecule has 0 spiro atoms. The highest BCUT2D eigenvalue weighted by molar-refractivity contribution is 5.98. The van der Waals surface area contributed by atoms with Crippen LogP contribution < -0.4 is 4.74 Å². The summed E-state index contributed by atoms with van der Waals surface area (Å²) in [7, 11) is 1.64. The number of H-pyrrole nitrogens is 1. The number of nitrogens with one attached hydrogen (secondary N) is 1. The average molecular weight is 343 g/mol. The molecule has 0 bridgehead atoms. The molecule has 1 aromatic carbocycles. The van der Waals surface area contributed by atoms with E-state index in [0.717, 1.165) is 49.0 Å². The SMILES string of the molecule is COc1ccc2cc(C(=O)N3CCN([C@H]4CCC[C@@H]4O)CC3)[nH]c2c1. The van der Waals surface area contributed by atoms with E-state index < -0.39 is 0 Å². The number of benzene rings is 1. The lowest BCUT2D eigenvalue weighted by molar-refractivity contribution is 0.0313. The minimum atomic E-state index is -0.203. The Morgan fingerprint density at radius 1 is 1.20 bits per heavy atom. The van der Waals surface area contributed by atoms with Gasteiger partial charge in [0.2, 0.25) is 0 Å². The zero-order valence-electron chi connectivity index (χ0n) is 14.6. The summed E-state index contributed by atoms with van der Waals surface area (Å²) in [4.78, 5) is 20.3. The van der Waals surface area contributed by atoms with Gasteiger partial charge in [0.05, 0.1) is 13.2 Å². The smallest absolute Gasteiger partial charge is 0.270 e. The first-order valence-electron chi connectivity index (χ1n) is 9.04. The molecule has 0 radical (unpaired) electrons. The van der Waals surface area contributed by atoms with Crippen LogP contribution in [0.4, 0.5) is 0 Å². The second-order valence-electron chi connectivity index (χ2n) is 7.03. The number of aliphatic hydroxyl groups excluding tert-OH is 1. The summed E-state index contributed by atoms with van der Waals surface area (Å²) in [5.74, 6) is 0.818. The van der Waals surface area contributed by atoms with E-state index in [9.17, 15) is 9.90 Å². The molecular weight excluding hydrogens is 318 g/mol. The third-order valence-electron chi connectivity index (χ3n) is 5.57. The van der Waals surface area contributed by atoms with Crippen LogP contribution in [0.5, 0.6) is 5.75 Å². The molecule has 2 fully saturated rings. The number of hydrogen-bond donors (Lipinski definition) is 2. The van der Waals surface area contributed by atoms with Crippen molar-refractivity contribution in [3.8, 4) is 5.75 Å². The fourth-order valence-electron chi connectivity index (χ4n) is 4.12. The van der Waals surface area contributed by atoms with E-state index in [-0.39, 0.29) is 18.1 Å². The van der Waals surface area contributed by atoms with E-state index in [0.29, 0.717) is 18.8 Å². The van der Waals surface area contributed by atoms with Crippen molar-refractivity contribution < 1.29 is 14.6 Å². The van der Waals surface area contributed by atoms with Gasteiger partial charge in [0.1, 0.15) is 11.4 Å². The fourth-order valence-corrected chi connectivity index (χ4v) is 4.12. The minimum absolute atomic E-state index is 0.0433. The Bertz CT molecular complexity index is 764. The number of carbonyl (C=O) groups is 1. The maximum atomic E-state index is 12.8. The number of fused-ring (bicyclic) bond motifs is 1. The van der Waals surface area contributed by atoms with E-state index in [1.165, 1.54) is 0 Å². The Morgan fingerprint density at radius 3 is 2.68 bits per heavy atom. The minimum Gasteiger partial charge on any atom is -0.497 e. The molecule has 2 N–H and O–H groups in total. The van der Waals surface area contributed by atoms with E-state index in [1.54, 1.807) is 7.11 Å². The second kappa shape index (κ2) is 6.69. The van der Waals surface area contributed by atoms with Gasteiger partial charge in [-0.15, -0.1) is 0 Å². The largest absolute Gasteiger partial charge is 0.497 e. The van der Waals surface area contributed by atoms with Crippen LogP contribution in [-0.4, -0.2) is 71.2 Å². The number of ether oxygens (including phenoxy) is 1. The molecule has 0 unspecified atom stereocenters. The molecule has 1 saturated carbocycles. The third kappa shape index (κ3) is 3.12. The highest BCUT2D eigenvalue weighted by atomic mass is 16.5. The number of carbonyl (C=O) groups excluding carboxylic acids is 1. The number of rotatable bonds is 3.